The maximum atomic E-state index is 12.2. The minimum Gasteiger partial charge on any atom is -0.484 e. The molecule has 1 aromatic carbocycles. The number of carbonyl (C=O) groups is 1. The highest BCUT2D eigenvalue weighted by Gasteiger charge is 2.28. The van der Waals surface area contributed by atoms with E-state index in [9.17, 15) is 4.79 Å². The molecule has 0 bridgehead atoms. The number of nitrogens with one attached hydrogen (secondary N) is 1. The van der Waals surface area contributed by atoms with Gasteiger partial charge in [-0.25, -0.2) is 4.98 Å². The van der Waals surface area contributed by atoms with Crippen molar-refractivity contribution in [2.24, 2.45) is 11.8 Å². The maximum absolute atomic E-state index is 12.2. The number of hydrogen-bond acceptors (Lipinski definition) is 4. The van der Waals surface area contributed by atoms with Gasteiger partial charge in [-0.2, -0.15) is 0 Å². The molecule has 26 heavy (non-hydrogen) atoms. The summed E-state index contributed by atoms with van der Waals surface area (Å²) < 4.78 is 11.3. The summed E-state index contributed by atoms with van der Waals surface area (Å²) in [7, 11) is 0. The van der Waals surface area contributed by atoms with E-state index in [4.69, 9.17) is 9.47 Å². The molecule has 1 amide bonds. The van der Waals surface area contributed by atoms with Crippen molar-refractivity contribution in [3.63, 3.8) is 0 Å². The second kappa shape index (κ2) is 8.70. The fourth-order valence-corrected chi connectivity index (χ4v) is 3.34. The summed E-state index contributed by atoms with van der Waals surface area (Å²) >= 11 is 0. The number of pyridine rings is 1. The zero-order chi connectivity index (χ0) is 18.4. The molecule has 0 aliphatic heterocycles. The van der Waals surface area contributed by atoms with Crippen LogP contribution in [0.2, 0.25) is 0 Å². The number of rotatable bonds is 6. The Bertz CT molecular complexity index is 720. The predicted molar refractivity (Wildman–Crippen MR) is 100 cm³/mol. The Balaban J connectivity index is 1.51. The van der Waals surface area contributed by atoms with Crippen LogP contribution in [0.3, 0.4) is 0 Å². The van der Waals surface area contributed by atoms with Crippen LogP contribution in [0.5, 0.6) is 17.4 Å². The zero-order valence-corrected chi connectivity index (χ0v) is 15.4. The first-order valence-corrected chi connectivity index (χ1v) is 9.23. The SMILES string of the molecule is C[C@H]1[C@H](C)CCC[C@@H]1NC(=O)COc1cccc(Oc2ccccn2)c1. The Morgan fingerprint density at radius 2 is 2.00 bits per heavy atom. The summed E-state index contributed by atoms with van der Waals surface area (Å²) in [6, 6.07) is 12.9. The molecule has 1 saturated carbocycles. The Kier molecular flexibility index (Phi) is 6.10. The summed E-state index contributed by atoms with van der Waals surface area (Å²) in [5.74, 6) is 2.81. The Labute approximate surface area is 154 Å². The van der Waals surface area contributed by atoms with Crippen molar-refractivity contribution in [2.75, 3.05) is 6.61 Å². The van der Waals surface area contributed by atoms with Crippen LogP contribution in [-0.4, -0.2) is 23.5 Å². The number of amides is 1. The molecule has 5 heteroatoms. The number of benzene rings is 1. The minimum absolute atomic E-state index is 0.00460. The van der Waals surface area contributed by atoms with Gasteiger partial charge >= 0.3 is 0 Å². The highest BCUT2D eigenvalue weighted by molar-refractivity contribution is 5.77. The van der Waals surface area contributed by atoms with Gasteiger partial charge in [-0.1, -0.05) is 38.8 Å². The lowest BCUT2D eigenvalue weighted by molar-refractivity contribution is -0.124. The largest absolute Gasteiger partial charge is 0.484 e. The van der Waals surface area contributed by atoms with Crippen molar-refractivity contribution in [1.29, 1.82) is 0 Å². The lowest BCUT2D eigenvalue weighted by atomic mass is 9.78. The third-order valence-corrected chi connectivity index (χ3v) is 5.09. The average Bonchev–Trinajstić information content (AvgIpc) is 2.65. The van der Waals surface area contributed by atoms with Gasteiger partial charge in [0.1, 0.15) is 11.5 Å². The molecule has 1 heterocycles. The first-order valence-electron chi connectivity index (χ1n) is 9.23. The monoisotopic (exact) mass is 354 g/mol. The van der Waals surface area contributed by atoms with E-state index in [-0.39, 0.29) is 18.6 Å². The van der Waals surface area contributed by atoms with Crippen LogP contribution in [0.4, 0.5) is 0 Å². The molecule has 1 aliphatic rings. The second-order valence-corrected chi connectivity index (χ2v) is 6.97. The molecule has 1 fully saturated rings. The van der Waals surface area contributed by atoms with E-state index in [0.29, 0.717) is 29.2 Å². The standard InChI is InChI=1S/C21H26N2O3/c1-15-7-5-10-19(16(15)2)23-20(24)14-25-17-8-6-9-18(13-17)26-21-11-3-4-12-22-21/h3-4,6,8-9,11-13,15-16,19H,5,7,10,14H2,1-2H3,(H,23,24)/t15-,16+,19+/m1/s1. The first-order chi connectivity index (χ1) is 12.6. The Hall–Kier alpha value is -2.56. The summed E-state index contributed by atoms with van der Waals surface area (Å²) in [4.78, 5) is 16.4. The van der Waals surface area contributed by atoms with Crippen molar-refractivity contribution in [3.05, 3.63) is 48.7 Å². The molecule has 3 atom stereocenters. The van der Waals surface area contributed by atoms with E-state index in [1.807, 2.05) is 30.3 Å². The molecule has 0 spiro atoms. The van der Waals surface area contributed by atoms with Gasteiger partial charge < -0.3 is 14.8 Å². The summed E-state index contributed by atoms with van der Waals surface area (Å²) in [5.41, 5.74) is 0. The van der Waals surface area contributed by atoms with Crippen molar-refractivity contribution >= 4 is 5.91 Å². The zero-order valence-electron chi connectivity index (χ0n) is 15.4. The highest BCUT2D eigenvalue weighted by Crippen LogP contribution is 2.29. The fraction of sp³-hybridized carbons (Fsp3) is 0.429. The molecule has 1 N–H and O–H groups in total. The van der Waals surface area contributed by atoms with E-state index in [1.54, 1.807) is 18.3 Å². The molecule has 0 radical (unpaired) electrons. The molecular formula is C21H26N2O3. The van der Waals surface area contributed by atoms with Gasteiger partial charge in [-0.05, 0) is 36.5 Å². The molecule has 0 unspecified atom stereocenters. The van der Waals surface area contributed by atoms with Crippen molar-refractivity contribution in [1.82, 2.24) is 10.3 Å². The van der Waals surface area contributed by atoms with Gasteiger partial charge in [0.25, 0.3) is 5.91 Å². The second-order valence-electron chi connectivity index (χ2n) is 6.97. The van der Waals surface area contributed by atoms with Crippen LogP contribution >= 0.6 is 0 Å². The molecule has 3 rings (SSSR count). The van der Waals surface area contributed by atoms with Gasteiger partial charge in [0.2, 0.25) is 5.88 Å². The van der Waals surface area contributed by atoms with Gasteiger partial charge in [-0.15, -0.1) is 0 Å². The van der Waals surface area contributed by atoms with Crippen LogP contribution in [0, 0.1) is 11.8 Å². The maximum Gasteiger partial charge on any atom is 0.258 e. The van der Waals surface area contributed by atoms with Crippen LogP contribution in [0.1, 0.15) is 33.1 Å². The minimum atomic E-state index is -0.0769. The molecule has 1 aliphatic carbocycles. The van der Waals surface area contributed by atoms with Gasteiger partial charge in [0.15, 0.2) is 6.61 Å². The van der Waals surface area contributed by atoms with E-state index >= 15 is 0 Å². The third kappa shape index (κ3) is 4.97. The molecule has 138 valence electrons. The quantitative estimate of drug-likeness (QED) is 0.845. The van der Waals surface area contributed by atoms with Crippen molar-refractivity contribution < 1.29 is 14.3 Å². The lowest BCUT2D eigenvalue weighted by Gasteiger charge is -2.34. The number of hydrogen-bond donors (Lipinski definition) is 1. The fourth-order valence-electron chi connectivity index (χ4n) is 3.34. The number of aromatic nitrogens is 1. The van der Waals surface area contributed by atoms with Gasteiger partial charge in [-0.3, -0.25) is 4.79 Å². The van der Waals surface area contributed by atoms with Gasteiger partial charge in [0, 0.05) is 24.4 Å². The molecule has 1 aromatic heterocycles. The average molecular weight is 354 g/mol. The van der Waals surface area contributed by atoms with Crippen LogP contribution in [-0.2, 0) is 4.79 Å². The van der Waals surface area contributed by atoms with Crippen LogP contribution in [0.15, 0.2) is 48.7 Å². The Morgan fingerprint density at radius 1 is 1.15 bits per heavy atom. The van der Waals surface area contributed by atoms with Crippen molar-refractivity contribution in [3.8, 4) is 17.4 Å². The van der Waals surface area contributed by atoms with Crippen molar-refractivity contribution in [2.45, 2.75) is 39.2 Å². The summed E-state index contributed by atoms with van der Waals surface area (Å²) in [6.45, 7) is 4.48. The molecule has 0 saturated heterocycles. The van der Waals surface area contributed by atoms with E-state index in [1.165, 1.54) is 12.8 Å². The summed E-state index contributed by atoms with van der Waals surface area (Å²) in [5, 5.41) is 3.12. The van der Waals surface area contributed by atoms with Crippen LogP contribution < -0.4 is 14.8 Å². The lowest BCUT2D eigenvalue weighted by Crippen LogP contribution is -2.45. The van der Waals surface area contributed by atoms with Gasteiger partial charge in [0.05, 0.1) is 0 Å². The molecule has 5 nitrogen and oxygen atoms in total. The van der Waals surface area contributed by atoms with E-state index in [0.717, 1.165) is 6.42 Å². The third-order valence-electron chi connectivity index (χ3n) is 5.09. The molecular weight excluding hydrogens is 328 g/mol. The number of nitrogens with zero attached hydrogens (tertiary/aromatic N) is 1. The smallest absolute Gasteiger partial charge is 0.258 e. The van der Waals surface area contributed by atoms with Crippen LogP contribution in [0.25, 0.3) is 0 Å². The topological polar surface area (TPSA) is 60.5 Å². The first kappa shape index (κ1) is 18.2. The number of carbonyl (C=O) groups excluding carboxylic acids is 1. The highest BCUT2D eigenvalue weighted by atomic mass is 16.5. The normalized spacial score (nSPS) is 22.5. The summed E-state index contributed by atoms with van der Waals surface area (Å²) in [6.07, 6.45) is 5.13. The van der Waals surface area contributed by atoms with E-state index in [2.05, 4.69) is 24.1 Å². The molecule has 2 aromatic rings. The predicted octanol–water partition coefficient (Wildman–Crippen LogP) is 4.19. The Morgan fingerprint density at radius 3 is 2.81 bits per heavy atom. The number of ether oxygens (including phenoxy) is 2. The van der Waals surface area contributed by atoms with E-state index < -0.39 is 0 Å².